The second-order valence-electron chi connectivity index (χ2n) is 13.9. The Hall–Kier alpha value is -5.06. The first-order valence-electron chi connectivity index (χ1n) is 17.6. The summed E-state index contributed by atoms with van der Waals surface area (Å²) in [5, 5.41) is 13.9. The van der Waals surface area contributed by atoms with Gasteiger partial charge in [0.1, 0.15) is 23.7 Å². The first kappa shape index (κ1) is 34.4. The summed E-state index contributed by atoms with van der Waals surface area (Å²) in [6.45, 7) is 5.42. The number of hydrogen-bond acceptors (Lipinski definition) is 7. The molecule has 4 heterocycles. The molecule has 51 heavy (non-hydrogen) atoms. The molecular formula is C41H43N3O7. The maximum atomic E-state index is 15.2. The Balaban J connectivity index is 1.38. The number of aliphatic hydroxyl groups is 1. The number of aryl methyl sites for hydroxylation is 2. The summed E-state index contributed by atoms with van der Waals surface area (Å²) < 4.78 is 13.2. The number of likely N-dealkylation sites (tertiary alicyclic amines) is 1. The Kier molecular flexibility index (Phi) is 9.39. The molecule has 2 saturated heterocycles. The molecule has 4 aliphatic heterocycles. The molecule has 0 saturated carbocycles. The van der Waals surface area contributed by atoms with E-state index in [1.807, 2.05) is 98.8 Å². The standard InChI is InChI=1S/C41H43N3O7/c1-25-14-12-15-26(2)35(25)43-23-13-22-41-34(38(47)44(37(41)39(43)48)30(24-45)28-16-6-4-7-17-28)33-31(51-41)20-10-11-21-32(46)42-27(3)36(50-40(33)49)29-18-8-5-9-19-29/h4-10,12-20,22,27,30-31,33-34,36-37,45H,11,21,23-24H2,1-3H3,(H,42,46)/b20-10-/t27-,30+,31-,33+,34+,36+,37-,41+/m0/s1. The molecule has 8 atom stereocenters. The van der Waals surface area contributed by atoms with Crippen molar-refractivity contribution >= 4 is 29.4 Å². The molecule has 0 bridgehead atoms. The number of rotatable bonds is 5. The van der Waals surface area contributed by atoms with E-state index < -0.39 is 66.3 Å². The van der Waals surface area contributed by atoms with Crippen LogP contribution < -0.4 is 10.2 Å². The molecule has 2 fully saturated rings. The molecule has 3 amide bonds. The Bertz CT molecular complexity index is 1860. The number of hydrogen-bond donors (Lipinski definition) is 2. The zero-order valence-electron chi connectivity index (χ0n) is 29.0. The molecular weight excluding hydrogens is 646 g/mol. The fourth-order valence-corrected chi connectivity index (χ4v) is 8.44. The summed E-state index contributed by atoms with van der Waals surface area (Å²) >= 11 is 0. The van der Waals surface area contributed by atoms with Crippen molar-refractivity contribution in [3.63, 3.8) is 0 Å². The molecule has 0 unspecified atom stereocenters. The number of anilines is 1. The Labute approximate surface area is 297 Å². The van der Waals surface area contributed by atoms with Gasteiger partial charge in [0.2, 0.25) is 11.8 Å². The minimum Gasteiger partial charge on any atom is -0.455 e. The molecule has 2 N–H and O–H groups in total. The van der Waals surface area contributed by atoms with Gasteiger partial charge in [0, 0.05) is 18.7 Å². The van der Waals surface area contributed by atoms with E-state index in [-0.39, 0.29) is 24.8 Å². The van der Waals surface area contributed by atoms with Crippen LogP contribution in [0.1, 0.15) is 54.2 Å². The molecule has 0 aliphatic carbocycles. The summed E-state index contributed by atoms with van der Waals surface area (Å²) in [7, 11) is 0. The molecule has 4 aliphatic rings. The van der Waals surface area contributed by atoms with E-state index >= 15 is 9.59 Å². The van der Waals surface area contributed by atoms with Gasteiger partial charge in [-0.25, -0.2) is 0 Å². The van der Waals surface area contributed by atoms with Gasteiger partial charge in [-0.15, -0.1) is 0 Å². The molecule has 0 aromatic heterocycles. The highest BCUT2D eigenvalue weighted by molar-refractivity contribution is 6.06. The van der Waals surface area contributed by atoms with E-state index in [0.29, 0.717) is 17.5 Å². The number of carbonyl (C=O) groups is 4. The van der Waals surface area contributed by atoms with Crippen molar-refractivity contribution in [1.82, 2.24) is 10.2 Å². The van der Waals surface area contributed by atoms with Crippen molar-refractivity contribution in [2.24, 2.45) is 11.8 Å². The second-order valence-corrected chi connectivity index (χ2v) is 13.9. The number of cyclic esters (lactones) is 1. The average molecular weight is 690 g/mol. The third-order valence-corrected chi connectivity index (χ3v) is 10.7. The maximum absolute atomic E-state index is 15.2. The number of esters is 1. The monoisotopic (exact) mass is 689 g/mol. The van der Waals surface area contributed by atoms with Crippen LogP contribution in [0.5, 0.6) is 0 Å². The van der Waals surface area contributed by atoms with Crippen molar-refractivity contribution in [1.29, 1.82) is 0 Å². The highest BCUT2D eigenvalue weighted by Gasteiger charge is 2.73. The maximum Gasteiger partial charge on any atom is 0.313 e. The molecule has 1 spiro atoms. The Morgan fingerprint density at radius 2 is 1.59 bits per heavy atom. The van der Waals surface area contributed by atoms with Crippen LogP contribution in [0.15, 0.2) is 103 Å². The van der Waals surface area contributed by atoms with Crippen molar-refractivity contribution in [2.75, 3.05) is 18.1 Å². The van der Waals surface area contributed by atoms with Crippen LogP contribution in [-0.2, 0) is 28.7 Å². The fraction of sp³-hybridized carbons (Fsp3) is 0.366. The van der Waals surface area contributed by atoms with E-state index in [1.54, 1.807) is 30.1 Å². The van der Waals surface area contributed by atoms with Crippen molar-refractivity contribution < 1.29 is 33.8 Å². The van der Waals surface area contributed by atoms with Crippen LogP contribution in [0.25, 0.3) is 0 Å². The topological polar surface area (TPSA) is 125 Å². The third kappa shape index (κ3) is 5.96. The van der Waals surface area contributed by atoms with Crippen LogP contribution in [0.4, 0.5) is 5.69 Å². The predicted octanol–water partition coefficient (Wildman–Crippen LogP) is 4.66. The highest BCUT2D eigenvalue weighted by Crippen LogP contribution is 2.55. The number of para-hydroxylation sites is 1. The molecule has 0 radical (unpaired) electrons. The summed E-state index contributed by atoms with van der Waals surface area (Å²) in [4.78, 5) is 60.9. The van der Waals surface area contributed by atoms with Crippen molar-refractivity contribution in [2.45, 2.75) is 69.5 Å². The number of ether oxygens (including phenoxy) is 2. The molecule has 3 aromatic rings. The van der Waals surface area contributed by atoms with Crippen molar-refractivity contribution in [3.05, 3.63) is 125 Å². The van der Waals surface area contributed by atoms with Gasteiger partial charge in [-0.2, -0.15) is 0 Å². The van der Waals surface area contributed by atoms with E-state index in [9.17, 15) is 14.7 Å². The molecule has 10 nitrogen and oxygen atoms in total. The quantitative estimate of drug-likeness (QED) is 0.295. The summed E-state index contributed by atoms with van der Waals surface area (Å²) in [5.74, 6) is -3.99. The van der Waals surface area contributed by atoms with Gasteiger partial charge in [0.05, 0.1) is 30.7 Å². The lowest BCUT2D eigenvalue weighted by Gasteiger charge is -2.39. The van der Waals surface area contributed by atoms with Gasteiger partial charge in [0.15, 0.2) is 0 Å². The molecule has 264 valence electrons. The van der Waals surface area contributed by atoms with E-state index in [0.717, 1.165) is 16.8 Å². The predicted molar refractivity (Wildman–Crippen MR) is 190 cm³/mol. The fourth-order valence-electron chi connectivity index (χ4n) is 8.44. The number of carbonyl (C=O) groups excluding carboxylic acids is 4. The van der Waals surface area contributed by atoms with Crippen LogP contribution in [0.3, 0.4) is 0 Å². The van der Waals surface area contributed by atoms with Gasteiger partial charge in [0.25, 0.3) is 5.91 Å². The minimum atomic E-state index is -1.57. The first-order valence-corrected chi connectivity index (χ1v) is 17.6. The Morgan fingerprint density at radius 3 is 2.27 bits per heavy atom. The number of nitrogens with zero attached hydrogens (tertiary/aromatic N) is 2. The highest BCUT2D eigenvalue weighted by atomic mass is 16.6. The van der Waals surface area contributed by atoms with E-state index in [4.69, 9.17) is 9.47 Å². The number of fused-ring (bicyclic) bond motifs is 2. The van der Waals surface area contributed by atoms with Crippen LogP contribution in [-0.4, -0.2) is 70.6 Å². The average Bonchev–Trinajstić information content (AvgIpc) is 3.51. The Morgan fingerprint density at radius 1 is 0.902 bits per heavy atom. The lowest BCUT2D eigenvalue weighted by molar-refractivity contribution is -0.161. The number of nitrogens with one attached hydrogen (secondary N) is 1. The summed E-state index contributed by atoms with van der Waals surface area (Å²) in [6.07, 6.45) is 5.92. The van der Waals surface area contributed by atoms with Gasteiger partial charge < -0.3 is 29.7 Å². The van der Waals surface area contributed by atoms with Crippen LogP contribution >= 0.6 is 0 Å². The summed E-state index contributed by atoms with van der Waals surface area (Å²) in [5.41, 5.74) is 2.29. The van der Waals surface area contributed by atoms with Gasteiger partial charge in [-0.05, 0) is 49.4 Å². The number of benzene rings is 3. The number of allylic oxidation sites excluding steroid dienone is 1. The van der Waals surface area contributed by atoms with Gasteiger partial charge in [-0.1, -0.05) is 103 Å². The lowest BCUT2D eigenvalue weighted by atomic mass is 9.77. The van der Waals surface area contributed by atoms with Gasteiger partial charge >= 0.3 is 5.97 Å². The third-order valence-electron chi connectivity index (χ3n) is 10.7. The van der Waals surface area contributed by atoms with Crippen LogP contribution in [0.2, 0.25) is 0 Å². The molecule has 3 aromatic carbocycles. The number of amides is 3. The SMILES string of the molecule is Cc1cccc(C)c1N1CC=C[C@@]23O[C@H]4/C=C\CCC(=O)N[C@@H](C)[C@H](c5ccccc5)OC(=O)[C@H]4[C@@H]2C(=O)N([C@H](CO)c2ccccc2)[C@H]3C1=O. The van der Waals surface area contributed by atoms with Crippen molar-refractivity contribution in [3.8, 4) is 0 Å². The largest absolute Gasteiger partial charge is 0.455 e. The smallest absolute Gasteiger partial charge is 0.313 e. The molecule has 7 rings (SSSR count). The number of aliphatic hydroxyl groups excluding tert-OH is 1. The minimum absolute atomic E-state index is 0.185. The second kappa shape index (κ2) is 13.9. The first-order chi connectivity index (χ1) is 24.7. The zero-order valence-corrected chi connectivity index (χ0v) is 29.0. The van der Waals surface area contributed by atoms with Gasteiger partial charge in [-0.3, -0.25) is 19.2 Å². The zero-order chi connectivity index (χ0) is 35.9. The summed E-state index contributed by atoms with van der Waals surface area (Å²) in [6, 6.07) is 21.4. The van der Waals surface area contributed by atoms with E-state index in [1.165, 1.54) is 4.90 Å². The lowest BCUT2D eigenvalue weighted by Crippen LogP contribution is -2.56. The van der Waals surface area contributed by atoms with Crippen LogP contribution in [0, 0.1) is 25.7 Å². The van der Waals surface area contributed by atoms with E-state index in [2.05, 4.69) is 5.32 Å². The normalized spacial score (nSPS) is 30.6. The molecule has 10 heteroatoms.